The van der Waals surface area contributed by atoms with Crippen molar-refractivity contribution in [3.05, 3.63) is 53.3 Å². The van der Waals surface area contributed by atoms with Crippen molar-refractivity contribution in [3.63, 3.8) is 0 Å². The van der Waals surface area contributed by atoms with Crippen LogP contribution in [0.25, 0.3) is 22.2 Å². The van der Waals surface area contributed by atoms with Crippen LogP contribution in [0, 0.1) is 12.8 Å². The number of amides is 1. The molecule has 1 amide bonds. The molecule has 0 radical (unpaired) electrons. The zero-order chi connectivity index (χ0) is 21.1. The van der Waals surface area contributed by atoms with Gasteiger partial charge in [-0.15, -0.1) is 0 Å². The van der Waals surface area contributed by atoms with E-state index in [-0.39, 0.29) is 5.91 Å². The van der Waals surface area contributed by atoms with Gasteiger partial charge < -0.3 is 15.6 Å². The van der Waals surface area contributed by atoms with Crippen molar-refractivity contribution in [2.75, 3.05) is 19.6 Å². The molecule has 1 aromatic carbocycles. The highest BCUT2D eigenvalue weighted by Crippen LogP contribution is 2.36. The Morgan fingerprint density at radius 3 is 2.87 bits per heavy atom. The van der Waals surface area contributed by atoms with Crippen molar-refractivity contribution in [1.29, 1.82) is 0 Å². The summed E-state index contributed by atoms with van der Waals surface area (Å²) in [7, 11) is 0. The van der Waals surface area contributed by atoms with Gasteiger partial charge in [-0.1, -0.05) is 19.9 Å². The zero-order valence-electron chi connectivity index (χ0n) is 18.2. The minimum Gasteiger partial charge on any atom is -0.356 e. The number of benzene rings is 1. The summed E-state index contributed by atoms with van der Waals surface area (Å²) < 4.78 is 0. The minimum absolute atomic E-state index is 0.146. The highest BCUT2D eigenvalue weighted by molar-refractivity contribution is 5.92. The molecule has 3 heterocycles. The Morgan fingerprint density at radius 2 is 2.13 bits per heavy atom. The maximum absolute atomic E-state index is 12.3. The number of nitrogens with one attached hydrogen (secondary N) is 3. The first-order valence-electron chi connectivity index (χ1n) is 11.1. The van der Waals surface area contributed by atoms with E-state index in [0.717, 1.165) is 43.7 Å². The summed E-state index contributed by atoms with van der Waals surface area (Å²) in [5.74, 6) is 1.11. The molecule has 1 aliphatic rings. The average molecular weight is 405 g/mol. The Kier molecular flexibility index (Phi) is 6.18. The summed E-state index contributed by atoms with van der Waals surface area (Å²) in [6, 6.07) is 10.7. The predicted octanol–water partition coefficient (Wildman–Crippen LogP) is 4.32. The van der Waals surface area contributed by atoms with Crippen LogP contribution in [0.5, 0.6) is 0 Å². The Balaban J connectivity index is 1.51. The molecule has 1 atom stereocenters. The first-order chi connectivity index (χ1) is 14.5. The van der Waals surface area contributed by atoms with Crippen molar-refractivity contribution < 1.29 is 4.79 Å². The summed E-state index contributed by atoms with van der Waals surface area (Å²) in [6.45, 7) is 9.36. The van der Waals surface area contributed by atoms with Gasteiger partial charge in [-0.2, -0.15) is 0 Å². The number of hydrogen-bond acceptors (Lipinski definition) is 3. The van der Waals surface area contributed by atoms with Gasteiger partial charge in [0.15, 0.2) is 0 Å². The van der Waals surface area contributed by atoms with Gasteiger partial charge in [-0.05, 0) is 80.1 Å². The van der Waals surface area contributed by atoms with Crippen LogP contribution < -0.4 is 10.6 Å². The van der Waals surface area contributed by atoms with Gasteiger partial charge in [0.05, 0.1) is 5.69 Å². The first-order valence-corrected chi connectivity index (χ1v) is 11.1. The fourth-order valence-corrected chi connectivity index (χ4v) is 4.44. The summed E-state index contributed by atoms with van der Waals surface area (Å²) in [5, 5.41) is 7.70. The van der Waals surface area contributed by atoms with Crippen LogP contribution in [0.2, 0.25) is 0 Å². The van der Waals surface area contributed by atoms with Gasteiger partial charge in [0.1, 0.15) is 0 Å². The van der Waals surface area contributed by atoms with E-state index in [9.17, 15) is 4.79 Å². The fraction of sp³-hybridized carbons (Fsp3) is 0.440. The molecule has 0 bridgehead atoms. The standard InChI is InChI=1S/C25H32N4O/c1-16(2)24-21-13-18(5-7-23(30)28-15-19-8-10-26-14-19)4-6-22(21)29-25(24)20-9-11-27-17(3)12-20/h4,6,9,11-13,16,19,26,29H,5,7-8,10,14-15H2,1-3H3,(H,28,30)/t19-/m0/s1. The Bertz CT molecular complexity index is 1030. The number of carbonyl (C=O) groups excluding carboxylic acids is 1. The molecule has 5 heteroatoms. The van der Waals surface area contributed by atoms with Gasteiger partial charge >= 0.3 is 0 Å². The van der Waals surface area contributed by atoms with E-state index in [4.69, 9.17) is 0 Å². The Morgan fingerprint density at radius 1 is 1.27 bits per heavy atom. The molecule has 5 nitrogen and oxygen atoms in total. The van der Waals surface area contributed by atoms with E-state index in [0.29, 0.717) is 18.3 Å². The van der Waals surface area contributed by atoms with Gasteiger partial charge in [-0.25, -0.2) is 0 Å². The predicted molar refractivity (Wildman–Crippen MR) is 123 cm³/mol. The second-order valence-corrected chi connectivity index (χ2v) is 8.80. The minimum atomic E-state index is 0.146. The number of fused-ring (bicyclic) bond motifs is 1. The molecule has 158 valence electrons. The van der Waals surface area contributed by atoms with Crippen molar-refractivity contribution in [3.8, 4) is 11.3 Å². The zero-order valence-corrected chi connectivity index (χ0v) is 18.2. The molecule has 1 saturated heterocycles. The van der Waals surface area contributed by atoms with Crippen LogP contribution in [0.1, 0.15) is 49.4 Å². The second-order valence-electron chi connectivity index (χ2n) is 8.80. The average Bonchev–Trinajstić information content (AvgIpc) is 3.38. The fourth-order valence-electron chi connectivity index (χ4n) is 4.44. The number of pyridine rings is 1. The smallest absolute Gasteiger partial charge is 0.220 e. The van der Waals surface area contributed by atoms with Gasteiger partial charge in [0.25, 0.3) is 0 Å². The molecule has 30 heavy (non-hydrogen) atoms. The Hall–Kier alpha value is -2.66. The van der Waals surface area contributed by atoms with Gasteiger partial charge in [0.2, 0.25) is 5.91 Å². The lowest BCUT2D eigenvalue weighted by Crippen LogP contribution is -2.30. The van der Waals surface area contributed by atoms with Crippen LogP contribution >= 0.6 is 0 Å². The third kappa shape index (κ3) is 4.57. The summed E-state index contributed by atoms with van der Waals surface area (Å²) in [5.41, 5.74) is 7.04. The van der Waals surface area contributed by atoms with E-state index in [1.54, 1.807) is 0 Å². The van der Waals surface area contributed by atoms with Crippen molar-refractivity contribution in [2.45, 2.75) is 46.0 Å². The SMILES string of the molecule is Cc1cc(-c2[nH]c3ccc(CCC(=O)NC[C@H]4CCNC4)cc3c2C(C)C)ccn1. The number of carbonyl (C=O) groups is 1. The molecule has 3 N–H and O–H groups in total. The van der Waals surface area contributed by atoms with E-state index in [1.165, 1.54) is 27.8 Å². The number of aryl methyl sites for hydroxylation is 2. The van der Waals surface area contributed by atoms with Crippen molar-refractivity contribution in [2.24, 2.45) is 5.92 Å². The normalized spacial score (nSPS) is 16.5. The van der Waals surface area contributed by atoms with Crippen LogP contribution in [0.3, 0.4) is 0 Å². The van der Waals surface area contributed by atoms with Crippen LogP contribution in [0.15, 0.2) is 36.5 Å². The summed E-state index contributed by atoms with van der Waals surface area (Å²) in [6.07, 6.45) is 4.31. The van der Waals surface area contributed by atoms with E-state index in [1.807, 2.05) is 13.1 Å². The number of hydrogen-bond donors (Lipinski definition) is 3. The molecule has 0 unspecified atom stereocenters. The molecule has 2 aromatic heterocycles. The lowest BCUT2D eigenvalue weighted by molar-refractivity contribution is -0.121. The van der Waals surface area contributed by atoms with E-state index < -0.39 is 0 Å². The van der Waals surface area contributed by atoms with Gasteiger partial charge in [0, 0.05) is 41.3 Å². The lowest BCUT2D eigenvalue weighted by Gasteiger charge is -2.11. The third-order valence-corrected chi connectivity index (χ3v) is 6.06. The quantitative estimate of drug-likeness (QED) is 0.549. The monoisotopic (exact) mass is 404 g/mol. The molecule has 1 fully saturated rings. The largest absolute Gasteiger partial charge is 0.356 e. The highest BCUT2D eigenvalue weighted by Gasteiger charge is 2.18. The van der Waals surface area contributed by atoms with Gasteiger partial charge in [-0.3, -0.25) is 9.78 Å². The molecule has 3 aromatic rings. The van der Waals surface area contributed by atoms with Crippen molar-refractivity contribution in [1.82, 2.24) is 20.6 Å². The lowest BCUT2D eigenvalue weighted by atomic mass is 9.95. The third-order valence-electron chi connectivity index (χ3n) is 6.06. The number of nitrogens with zero attached hydrogens (tertiary/aromatic N) is 1. The molecule has 4 rings (SSSR count). The molecule has 1 aliphatic heterocycles. The van der Waals surface area contributed by atoms with Crippen LogP contribution in [0.4, 0.5) is 0 Å². The van der Waals surface area contributed by atoms with E-state index >= 15 is 0 Å². The van der Waals surface area contributed by atoms with Crippen LogP contribution in [-0.4, -0.2) is 35.5 Å². The number of aromatic nitrogens is 2. The second kappa shape index (κ2) is 9.00. The Labute approximate surface area is 178 Å². The molecular weight excluding hydrogens is 372 g/mol. The molecular formula is C25H32N4O. The molecule has 0 aliphatic carbocycles. The topological polar surface area (TPSA) is 69.8 Å². The number of aromatic amines is 1. The highest BCUT2D eigenvalue weighted by atomic mass is 16.1. The van der Waals surface area contributed by atoms with Crippen LogP contribution in [-0.2, 0) is 11.2 Å². The first kappa shape index (κ1) is 20.6. The number of H-pyrrole nitrogens is 1. The maximum Gasteiger partial charge on any atom is 0.220 e. The number of rotatable bonds is 7. The summed E-state index contributed by atoms with van der Waals surface area (Å²) >= 11 is 0. The molecule has 0 spiro atoms. The summed E-state index contributed by atoms with van der Waals surface area (Å²) in [4.78, 5) is 20.2. The van der Waals surface area contributed by atoms with E-state index in [2.05, 4.69) is 64.8 Å². The maximum atomic E-state index is 12.3. The van der Waals surface area contributed by atoms with Crippen molar-refractivity contribution >= 4 is 16.8 Å². The molecule has 0 saturated carbocycles.